The molecule has 9 aromatic rings. The van der Waals surface area contributed by atoms with Crippen LogP contribution < -0.4 is 0 Å². The molecular formula is C46H36N2O5Pt2S2-2. The molecule has 11 heteroatoms. The Kier molecular flexibility index (Phi) is 13.8. The van der Waals surface area contributed by atoms with E-state index in [-0.39, 0.29) is 65.2 Å². The van der Waals surface area contributed by atoms with Gasteiger partial charge in [-0.1, -0.05) is 70.4 Å². The van der Waals surface area contributed by atoms with Crippen LogP contribution in [0.25, 0.3) is 84.8 Å². The van der Waals surface area contributed by atoms with Gasteiger partial charge in [-0.2, -0.15) is 0 Å². The van der Waals surface area contributed by atoms with Gasteiger partial charge in [0.1, 0.15) is 0 Å². The smallest absolute Gasteiger partial charge is 0.158 e. The number of aliphatic hydroxyl groups excluding tert-OH is 2. The number of pyridine rings is 2. The Morgan fingerprint density at radius 3 is 1.28 bits per heavy atom. The van der Waals surface area contributed by atoms with Crippen LogP contribution in [-0.4, -0.2) is 31.7 Å². The molecule has 0 radical (unpaired) electrons. The van der Waals surface area contributed by atoms with E-state index in [4.69, 9.17) is 24.6 Å². The summed E-state index contributed by atoms with van der Waals surface area (Å²) in [7, 11) is 0. The van der Waals surface area contributed by atoms with Crippen LogP contribution >= 0.6 is 22.7 Å². The van der Waals surface area contributed by atoms with Crippen LogP contribution in [0.1, 0.15) is 41.5 Å². The number of aliphatic hydroxyl groups is 2. The third-order valence-electron chi connectivity index (χ3n) is 9.57. The number of allylic oxidation sites excluding steroid dienone is 4. The van der Waals surface area contributed by atoms with Crippen molar-refractivity contribution >= 4 is 96.5 Å². The molecule has 2 N–H and O–H groups in total. The zero-order chi connectivity index (χ0) is 39.0. The second-order valence-electron chi connectivity index (χ2n) is 13.2. The van der Waals surface area contributed by atoms with E-state index in [9.17, 15) is 9.59 Å². The van der Waals surface area contributed by atoms with Crippen molar-refractivity contribution in [2.45, 2.75) is 41.5 Å². The van der Waals surface area contributed by atoms with Crippen molar-refractivity contribution in [2.24, 2.45) is 0 Å². The van der Waals surface area contributed by atoms with Gasteiger partial charge in [-0.15, -0.1) is 59.1 Å². The number of Topliss-reactive ketones (excluding diaryl/α,β-unsaturated/α-hetero) is 2. The molecule has 0 aliphatic carbocycles. The third kappa shape index (κ3) is 8.73. The predicted octanol–water partition coefficient (Wildman–Crippen LogP) is 12.9. The molecule has 0 aliphatic heterocycles. The summed E-state index contributed by atoms with van der Waals surface area (Å²) in [5, 5.41) is 24.2. The van der Waals surface area contributed by atoms with E-state index < -0.39 is 0 Å². The molecule has 0 bridgehead atoms. The van der Waals surface area contributed by atoms with Crippen LogP contribution in [0.5, 0.6) is 0 Å². The number of thiophene rings is 2. The molecule has 57 heavy (non-hydrogen) atoms. The summed E-state index contributed by atoms with van der Waals surface area (Å²) in [6.45, 7) is 9.03. The maximum atomic E-state index is 10.4. The molecule has 0 fully saturated rings. The number of carbonyl (C=O) groups is 2. The number of fused-ring (bicyclic) bond motifs is 9. The number of furan rings is 1. The molecule has 0 unspecified atom stereocenters. The van der Waals surface area contributed by atoms with E-state index in [2.05, 4.69) is 84.9 Å². The van der Waals surface area contributed by atoms with Gasteiger partial charge >= 0.3 is 0 Å². The topological polar surface area (TPSA) is 114 Å². The molecule has 0 atom stereocenters. The van der Waals surface area contributed by atoms with Crippen molar-refractivity contribution in [2.75, 3.05) is 0 Å². The van der Waals surface area contributed by atoms with Crippen LogP contribution in [0.4, 0.5) is 0 Å². The molecule has 5 aromatic heterocycles. The average Bonchev–Trinajstić information content (AvgIpc) is 3.88. The van der Waals surface area contributed by atoms with Gasteiger partial charge in [-0.3, -0.25) is 9.59 Å². The predicted molar refractivity (Wildman–Crippen MR) is 227 cm³/mol. The summed E-state index contributed by atoms with van der Waals surface area (Å²) in [5.74, 6) is 0.0602. The molecular weight excluding hydrogens is 1110 g/mol. The zero-order valence-corrected chi connectivity index (χ0v) is 37.9. The SMILES string of the molecule is CC(=O)/C(C)=C(/C)O.CC(=O)/C(C)=C(/C)O.[Pt].[Pt].[c-]1ccc2c(oc3c(-c4cc5sc6ccccc6c5cn4)[c-]ccc32)c1-c1cc2sc3ccccc3c2cn1. The minimum atomic E-state index is -0.0787. The van der Waals surface area contributed by atoms with Crippen molar-refractivity contribution < 1.29 is 66.3 Å². The largest absolute Gasteiger partial charge is 0.545 e. The minimum absolute atomic E-state index is 0. The number of hydrogen-bond acceptors (Lipinski definition) is 9. The normalized spacial score (nSPS) is 11.9. The van der Waals surface area contributed by atoms with Crippen LogP contribution in [0, 0.1) is 12.1 Å². The molecule has 0 amide bonds. The Hall–Kier alpha value is -4.78. The van der Waals surface area contributed by atoms with E-state index in [1.807, 2.05) is 24.5 Å². The van der Waals surface area contributed by atoms with Crippen molar-refractivity contribution in [3.63, 3.8) is 0 Å². The van der Waals surface area contributed by atoms with Gasteiger partial charge in [0.2, 0.25) is 0 Å². The third-order valence-corrected chi connectivity index (χ3v) is 11.8. The van der Waals surface area contributed by atoms with Crippen LogP contribution in [0.15, 0.2) is 124 Å². The van der Waals surface area contributed by atoms with Crippen molar-refractivity contribution in [3.8, 4) is 22.5 Å². The quantitative estimate of drug-likeness (QED) is 0.102. The number of benzene rings is 4. The summed E-state index contributed by atoms with van der Waals surface area (Å²) >= 11 is 3.57. The van der Waals surface area contributed by atoms with E-state index in [1.165, 1.54) is 68.0 Å². The molecule has 294 valence electrons. The summed E-state index contributed by atoms with van der Waals surface area (Å²) in [6.07, 6.45) is 3.95. The Morgan fingerprint density at radius 2 is 0.930 bits per heavy atom. The first-order valence-corrected chi connectivity index (χ1v) is 19.1. The fourth-order valence-electron chi connectivity index (χ4n) is 6.11. The fourth-order valence-corrected chi connectivity index (χ4v) is 8.34. The van der Waals surface area contributed by atoms with Gasteiger partial charge in [0.25, 0.3) is 0 Å². The summed E-state index contributed by atoms with van der Waals surface area (Å²) in [6, 6.07) is 36.1. The number of aromatic nitrogens is 2. The van der Waals surface area contributed by atoms with Gasteiger partial charge < -0.3 is 24.6 Å². The van der Waals surface area contributed by atoms with Gasteiger partial charge in [-0.25, -0.2) is 0 Å². The van der Waals surface area contributed by atoms with Gasteiger partial charge in [0.15, 0.2) is 11.6 Å². The molecule has 7 nitrogen and oxygen atoms in total. The fraction of sp³-hybridized carbons (Fsp3) is 0.130. The summed E-state index contributed by atoms with van der Waals surface area (Å²) in [4.78, 5) is 30.4. The molecule has 0 aliphatic rings. The monoisotopic (exact) mass is 1150 g/mol. The molecule has 4 aromatic carbocycles. The van der Waals surface area contributed by atoms with Crippen LogP contribution in [0.2, 0.25) is 0 Å². The van der Waals surface area contributed by atoms with E-state index >= 15 is 0 Å². The number of carbonyl (C=O) groups excluding carboxylic acids is 2. The van der Waals surface area contributed by atoms with Crippen LogP contribution in [-0.2, 0) is 51.7 Å². The van der Waals surface area contributed by atoms with Crippen molar-refractivity contribution in [1.29, 1.82) is 0 Å². The van der Waals surface area contributed by atoms with Gasteiger partial charge in [0, 0.05) is 117 Å². The number of hydrogen-bond donors (Lipinski definition) is 2. The second-order valence-corrected chi connectivity index (χ2v) is 15.3. The summed E-state index contributed by atoms with van der Waals surface area (Å²) in [5.41, 5.74) is 5.87. The van der Waals surface area contributed by atoms with Gasteiger partial charge in [-0.05, 0) is 65.1 Å². The van der Waals surface area contributed by atoms with E-state index in [1.54, 1.807) is 36.5 Å². The Balaban J connectivity index is 0.000000295. The maximum absolute atomic E-state index is 10.4. The number of nitrogens with zero attached hydrogens (tertiary/aromatic N) is 2. The van der Waals surface area contributed by atoms with E-state index in [0.29, 0.717) is 11.1 Å². The molecule has 0 spiro atoms. The average molecular weight is 1150 g/mol. The number of ketones is 2. The first kappa shape index (κ1) is 43.3. The standard InChI is InChI=1S/C34H16N2OS2.2C6H10O2.2Pt/c1-3-13-29-19(7-1)25-17-35-27(15-31(25)38-29)23-11-5-9-21-22-10-6-12-24(34(22)37-33(21)23)28-16-32-26(18-36-28)20-8-2-4-14-30(20)39-32;2*1-4(5(2)7)6(3)8;;/h1-10,13-18H;2*7H,1-3H3;;/q-2;;;;/b;2*5-4-;;. The minimum Gasteiger partial charge on any atom is -0.545 e. The van der Waals surface area contributed by atoms with Crippen molar-refractivity contribution in [1.82, 2.24) is 9.97 Å². The van der Waals surface area contributed by atoms with Crippen LogP contribution in [0.3, 0.4) is 0 Å². The first-order valence-electron chi connectivity index (χ1n) is 17.5. The second kappa shape index (κ2) is 18.2. The Labute approximate surface area is 366 Å². The number of rotatable bonds is 4. The maximum Gasteiger partial charge on any atom is 0.158 e. The summed E-state index contributed by atoms with van der Waals surface area (Å²) < 4.78 is 11.6. The molecule has 0 saturated heterocycles. The molecule has 5 heterocycles. The Bertz CT molecular complexity index is 2820. The first-order chi connectivity index (χ1) is 26.4. The van der Waals surface area contributed by atoms with E-state index in [0.717, 1.165) is 44.5 Å². The van der Waals surface area contributed by atoms with Crippen molar-refractivity contribution in [3.05, 3.63) is 132 Å². The Morgan fingerprint density at radius 1 is 0.544 bits per heavy atom. The molecule has 9 rings (SSSR count). The molecule has 0 saturated carbocycles. The zero-order valence-electron chi connectivity index (χ0n) is 31.7. The van der Waals surface area contributed by atoms with Gasteiger partial charge in [0.05, 0.1) is 11.5 Å².